The molecule has 13 nitrogen and oxygen atoms in total. The fourth-order valence-electron chi connectivity index (χ4n) is 5.23. The Morgan fingerprint density at radius 2 is 1.93 bits per heavy atom. The number of rotatable bonds is 6. The van der Waals surface area contributed by atoms with E-state index in [2.05, 4.69) is 25.5 Å². The SMILES string of the molecule is Cc1cc(-c2nc(C(=O)Nc3cc4sc(N5CCCC(O)C5)nc4nc3N3CCC(NC(=O)O)CC3)co2)ccn1. The predicted octanol–water partition coefficient (Wildman–Crippen LogP) is 3.50. The zero-order valence-corrected chi connectivity index (χ0v) is 23.2. The van der Waals surface area contributed by atoms with Crippen LogP contribution in [-0.2, 0) is 0 Å². The molecule has 14 heteroatoms. The van der Waals surface area contributed by atoms with Crippen molar-refractivity contribution in [1.29, 1.82) is 0 Å². The van der Waals surface area contributed by atoms with Crippen molar-refractivity contribution >= 4 is 50.3 Å². The van der Waals surface area contributed by atoms with Crippen molar-refractivity contribution in [2.75, 3.05) is 41.3 Å². The molecule has 6 rings (SSSR count). The van der Waals surface area contributed by atoms with E-state index in [1.54, 1.807) is 12.3 Å². The summed E-state index contributed by atoms with van der Waals surface area (Å²) < 4.78 is 6.39. The number of aliphatic hydroxyl groups is 1. The van der Waals surface area contributed by atoms with E-state index in [-0.39, 0.29) is 11.7 Å². The van der Waals surface area contributed by atoms with Gasteiger partial charge in [-0.3, -0.25) is 9.78 Å². The highest BCUT2D eigenvalue weighted by molar-refractivity contribution is 7.22. The lowest BCUT2D eigenvalue weighted by Gasteiger charge is -2.33. The number of fused-ring (bicyclic) bond motifs is 1. The standard InChI is InChI=1S/C27H30N8O5S/c1-15-11-16(4-7-28-15)25-31-20(14-40-25)24(37)30-19-12-21-22(33-26(41-21)35-8-2-3-18(36)13-35)32-23(19)34-9-5-17(6-10-34)29-27(38)39/h4,7,11-12,14,17-18,29,36H,2-3,5-6,8-10,13H2,1H3,(H,30,37)(H,38,39). The molecule has 4 aromatic heterocycles. The van der Waals surface area contributed by atoms with E-state index in [1.807, 2.05) is 24.0 Å². The van der Waals surface area contributed by atoms with E-state index < -0.39 is 18.1 Å². The Hall–Kier alpha value is -4.30. The number of pyridine rings is 2. The van der Waals surface area contributed by atoms with Crippen LogP contribution < -0.4 is 20.4 Å². The predicted molar refractivity (Wildman–Crippen MR) is 154 cm³/mol. The molecule has 214 valence electrons. The molecule has 2 fully saturated rings. The summed E-state index contributed by atoms with van der Waals surface area (Å²) >= 11 is 1.46. The molecule has 6 heterocycles. The lowest BCUT2D eigenvalue weighted by atomic mass is 10.1. The van der Waals surface area contributed by atoms with Gasteiger partial charge in [-0.1, -0.05) is 11.3 Å². The number of piperidine rings is 2. The van der Waals surface area contributed by atoms with E-state index in [0.29, 0.717) is 55.5 Å². The minimum atomic E-state index is -1.04. The van der Waals surface area contributed by atoms with Gasteiger partial charge in [0.25, 0.3) is 5.91 Å². The zero-order chi connectivity index (χ0) is 28.5. The summed E-state index contributed by atoms with van der Waals surface area (Å²) in [4.78, 5) is 46.8. The van der Waals surface area contributed by atoms with E-state index in [4.69, 9.17) is 19.5 Å². The molecule has 0 spiro atoms. The van der Waals surface area contributed by atoms with Gasteiger partial charge in [-0.15, -0.1) is 0 Å². The van der Waals surface area contributed by atoms with Gasteiger partial charge in [0.2, 0.25) is 5.89 Å². The molecule has 4 N–H and O–H groups in total. The van der Waals surface area contributed by atoms with E-state index in [1.165, 1.54) is 17.6 Å². The number of nitrogens with one attached hydrogen (secondary N) is 2. The van der Waals surface area contributed by atoms with Gasteiger partial charge in [0.05, 0.1) is 16.5 Å². The lowest BCUT2D eigenvalue weighted by molar-refractivity contribution is 0.102. The van der Waals surface area contributed by atoms with E-state index in [0.717, 1.165) is 40.5 Å². The van der Waals surface area contributed by atoms with Crippen molar-refractivity contribution in [2.24, 2.45) is 0 Å². The third-order valence-electron chi connectivity index (χ3n) is 7.27. The third-order valence-corrected chi connectivity index (χ3v) is 8.32. The van der Waals surface area contributed by atoms with Gasteiger partial charge in [-0.25, -0.2) is 14.8 Å². The van der Waals surface area contributed by atoms with Gasteiger partial charge in [-0.2, -0.15) is 4.98 Å². The highest BCUT2D eigenvalue weighted by Gasteiger charge is 2.27. The van der Waals surface area contributed by atoms with Crippen molar-refractivity contribution in [3.05, 3.63) is 42.0 Å². The first-order valence-corrected chi connectivity index (χ1v) is 14.3. The van der Waals surface area contributed by atoms with Crippen LogP contribution in [-0.4, -0.2) is 80.5 Å². The molecule has 2 aliphatic heterocycles. The first kappa shape index (κ1) is 26.9. The van der Waals surface area contributed by atoms with Crippen molar-refractivity contribution in [2.45, 2.75) is 44.8 Å². The molecule has 2 amide bonds. The first-order chi connectivity index (χ1) is 19.8. The highest BCUT2D eigenvalue weighted by Crippen LogP contribution is 2.36. The molecule has 1 atom stereocenters. The number of nitrogens with zero attached hydrogens (tertiary/aromatic N) is 6. The monoisotopic (exact) mass is 578 g/mol. The molecule has 2 aliphatic rings. The van der Waals surface area contributed by atoms with Gasteiger partial charge in [-0.05, 0) is 50.8 Å². The number of β-amino-alcohol motifs (C(OH)–C–C–N with tert-alkyl or cyclic N) is 1. The second kappa shape index (κ2) is 11.3. The number of aryl methyl sites for hydroxylation is 1. The molecular weight excluding hydrogens is 548 g/mol. The number of carbonyl (C=O) groups is 2. The summed E-state index contributed by atoms with van der Waals surface area (Å²) in [5, 5.41) is 25.6. The number of aliphatic hydroxyl groups excluding tert-OH is 1. The summed E-state index contributed by atoms with van der Waals surface area (Å²) in [6.45, 7) is 4.30. The quantitative estimate of drug-likeness (QED) is 0.264. The second-order valence-corrected chi connectivity index (χ2v) is 11.3. The molecule has 4 aromatic rings. The largest absolute Gasteiger partial charge is 0.465 e. The maximum atomic E-state index is 13.3. The average molecular weight is 579 g/mol. The molecule has 1 unspecified atom stereocenters. The summed E-state index contributed by atoms with van der Waals surface area (Å²) in [7, 11) is 0. The van der Waals surface area contributed by atoms with Crippen LogP contribution in [0.15, 0.2) is 35.1 Å². The zero-order valence-electron chi connectivity index (χ0n) is 22.4. The Bertz CT molecular complexity index is 1580. The number of carbonyl (C=O) groups excluding carboxylic acids is 1. The summed E-state index contributed by atoms with van der Waals surface area (Å²) in [5.74, 6) is 0.432. The fourth-order valence-corrected chi connectivity index (χ4v) is 6.21. The Morgan fingerprint density at radius 3 is 2.68 bits per heavy atom. The number of hydrogen-bond acceptors (Lipinski definition) is 11. The topological polar surface area (TPSA) is 170 Å². The molecule has 41 heavy (non-hydrogen) atoms. The molecule has 0 bridgehead atoms. The Labute approximate surface area is 239 Å². The number of carboxylic acid groups (broad SMARTS) is 1. The minimum absolute atomic E-state index is 0.122. The molecule has 0 radical (unpaired) electrons. The van der Waals surface area contributed by atoms with Crippen LogP contribution in [0.1, 0.15) is 41.9 Å². The van der Waals surface area contributed by atoms with Gasteiger partial charge in [0.1, 0.15) is 6.26 Å². The first-order valence-electron chi connectivity index (χ1n) is 13.5. The van der Waals surface area contributed by atoms with Crippen LogP contribution in [0, 0.1) is 6.92 Å². The van der Waals surface area contributed by atoms with Crippen molar-refractivity contribution < 1.29 is 24.2 Å². The number of aromatic nitrogens is 4. The van der Waals surface area contributed by atoms with E-state index >= 15 is 0 Å². The van der Waals surface area contributed by atoms with Gasteiger partial charge in [0.15, 0.2) is 22.3 Å². The molecule has 2 saturated heterocycles. The average Bonchev–Trinajstić information content (AvgIpc) is 3.61. The fraction of sp³-hybridized carbons (Fsp3) is 0.407. The second-order valence-electron chi connectivity index (χ2n) is 10.3. The summed E-state index contributed by atoms with van der Waals surface area (Å²) in [5.41, 5.74) is 2.71. The van der Waals surface area contributed by atoms with Crippen LogP contribution in [0.5, 0.6) is 0 Å². The van der Waals surface area contributed by atoms with Gasteiger partial charge in [0, 0.05) is 49.7 Å². The number of thiazole rings is 1. The summed E-state index contributed by atoms with van der Waals surface area (Å²) in [6, 6.07) is 5.32. The molecular formula is C27H30N8O5S. The van der Waals surface area contributed by atoms with Crippen molar-refractivity contribution in [1.82, 2.24) is 25.3 Å². The van der Waals surface area contributed by atoms with Crippen LogP contribution in [0.4, 0.5) is 21.4 Å². The van der Waals surface area contributed by atoms with Crippen molar-refractivity contribution in [3.8, 4) is 11.5 Å². The van der Waals surface area contributed by atoms with Crippen molar-refractivity contribution in [3.63, 3.8) is 0 Å². The van der Waals surface area contributed by atoms with Crippen LogP contribution in [0.25, 0.3) is 21.8 Å². The summed E-state index contributed by atoms with van der Waals surface area (Å²) in [6.07, 6.45) is 4.41. The Kier molecular flexibility index (Phi) is 7.41. The maximum Gasteiger partial charge on any atom is 0.404 e. The molecule has 0 aliphatic carbocycles. The van der Waals surface area contributed by atoms with Crippen LogP contribution in [0.2, 0.25) is 0 Å². The van der Waals surface area contributed by atoms with E-state index in [9.17, 15) is 14.7 Å². The lowest BCUT2D eigenvalue weighted by Crippen LogP contribution is -2.44. The molecule has 0 saturated carbocycles. The molecule has 0 aromatic carbocycles. The number of amides is 2. The number of hydrogen-bond donors (Lipinski definition) is 4. The Morgan fingerprint density at radius 1 is 1.10 bits per heavy atom. The smallest absolute Gasteiger partial charge is 0.404 e. The Balaban J connectivity index is 1.29. The van der Waals surface area contributed by atoms with Crippen LogP contribution in [0.3, 0.4) is 0 Å². The highest BCUT2D eigenvalue weighted by atomic mass is 32.1. The minimum Gasteiger partial charge on any atom is -0.465 e. The normalized spacial score (nSPS) is 18.0. The maximum absolute atomic E-state index is 13.3. The number of anilines is 3. The number of oxazole rings is 1. The van der Waals surface area contributed by atoms with Gasteiger partial charge < -0.3 is 35.1 Å². The van der Waals surface area contributed by atoms with Crippen LogP contribution >= 0.6 is 11.3 Å². The van der Waals surface area contributed by atoms with Gasteiger partial charge >= 0.3 is 6.09 Å². The third kappa shape index (κ3) is 5.93.